The lowest BCUT2D eigenvalue weighted by Crippen LogP contribution is -2.35. The molecule has 0 aromatic carbocycles. The minimum atomic E-state index is -0.130. The van der Waals surface area contributed by atoms with Gasteiger partial charge in [0.1, 0.15) is 5.52 Å². The maximum atomic E-state index is 11.9. The van der Waals surface area contributed by atoms with Gasteiger partial charge in [-0.25, -0.2) is 9.78 Å². The zero-order valence-electron chi connectivity index (χ0n) is 9.67. The molecule has 3 rings (SSSR count). The summed E-state index contributed by atoms with van der Waals surface area (Å²) in [4.78, 5) is 22.0. The second-order valence-electron chi connectivity index (χ2n) is 4.29. The molecule has 3 N–H and O–H groups in total. The number of nitrogens with two attached hydrogens (primary N) is 1. The lowest BCUT2D eigenvalue weighted by molar-refractivity contribution is 0.222. The molecule has 0 saturated carbocycles. The Labute approximate surface area is 108 Å². The second kappa shape index (κ2) is 4.51. The summed E-state index contributed by atoms with van der Waals surface area (Å²) in [6, 6.07) is 1.85. The molecule has 1 saturated heterocycles. The number of carbonyl (C=O) groups excluding carboxylic acids is 1. The molecule has 0 spiro atoms. The van der Waals surface area contributed by atoms with Crippen molar-refractivity contribution in [3.05, 3.63) is 18.5 Å². The molecule has 1 unspecified atom stereocenters. The fourth-order valence-corrected chi connectivity index (χ4v) is 2.80. The minimum absolute atomic E-state index is 0.0929. The molecular formula is C11H13N5OS. The normalized spacial score (nSPS) is 19.4. The number of thiazole rings is 1. The van der Waals surface area contributed by atoms with Crippen molar-refractivity contribution in [2.75, 3.05) is 18.4 Å². The Kier molecular flexibility index (Phi) is 2.85. The summed E-state index contributed by atoms with van der Waals surface area (Å²) in [7, 11) is 0. The molecule has 2 aromatic heterocycles. The quantitative estimate of drug-likeness (QED) is 0.811. The Bertz CT molecular complexity index is 551. The van der Waals surface area contributed by atoms with Gasteiger partial charge in [-0.05, 0) is 12.5 Å². The Morgan fingerprint density at radius 2 is 2.50 bits per heavy atom. The van der Waals surface area contributed by atoms with Crippen LogP contribution >= 0.6 is 11.3 Å². The molecule has 2 aromatic rings. The van der Waals surface area contributed by atoms with Crippen molar-refractivity contribution in [3.8, 4) is 0 Å². The van der Waals surface area contributed by atoms with Crippen LogP contribution in [0.2, 0.25) is 0 Å². The highest BCUT2D eigenvalue weighted by atomic mass is 32.1. The van der Waals surface area contributed by atoms with E-state index in [0.29, 0.717) is 18.2 Å². The number of rotatable bonds is 1. The number of aromatic nitrogens is 2. The highest BCUT2D eigenvalue weighted by Gasteiger charge is 2.24. The van der Waals surface area contributed by atoms with Gasteiger partial charge in [0, 0.05) is 25.3 Å². The van der Waals surface area contributed by atoms with Crippen LogP contribution in [0.4, 0.5) is 9.93 Å². The average Bonchev–Trinajstić information content (AvgIpc) is 2.94. The van der Waals surface area contributed by atoms with E-state index < -0.39 is 0 Å². The highest BCUT2D eigenvalue weighted by molar-refractivity contribution is 7.22. The fraction of sp³-hybridized carbons (Fsp3) is 0.364. The first-order valence-corrected chi connectivity index (χ1v) is 6.56. The van der Waals surface area contributed by atoms with E-state index >= 15 is 0 Å². The minimum Gasteiger partial charge on any atom is -0.326 e. The van der Waals surface area contributed by atoms with Gasteiger partial charge in [-0.2, -0.15) is 0 Å². The van der Waals surface area contributed by atoms with Crippen molar-refractivity contribution in [3.63, 3.8) is 0 Å². The Morgan fingerprint density at radius 1 is 1.61 bits per heavy atom. The first kappa shape index (κ1) is 11.4. The number of urea groups is 1. The van der Waals surface area contributed by atoms with Gasteiger partial charge in [0.25, 0.3) is 0 Å². The van der Waals surface area contributed by atoms with E-state index in [0.717, 1.165) is 16.6 Å². The van der Waals surface area contributed by atoms with E-state index in [-0.39, 0.29) is 12.1 Å². The van der Waals surface area contributed by atoms with Gasteiger partial charge in [0.2, 0.25) is 0 Å². The van der Waals surface area contributed by atoms with Crippen LogP contribution in [0.25, 0.3) is 10.2 Å². The third-order valence-corrected chi connectivity index (χ3v) is 3.87. The third-order valence-electron chi connectivity index (χ3n) is 2.92. The predicted octanol–water partition coefficient (Wildman–Crippen LogP) is 1.26. The number of hydrogen-bond donors (Lipinski definition) is 2. The van der Waals surface area contributed by atoms with E-state index in [4.69, 9.17) is 5.73 Å². The number of nitrogens with one attached hydrogen (secondary N) is 1. The van der Waals surface area contributed by atoms with Crippen molar-refractivity contribution in [2.24, 2.45) is 5.73 Å². The lowest BCUT2D eigenvalue weighted by Gasteiger charge is -2.15. The topological polar surface area (TPSA) is 84.1 Å². The fourth-order valence-electron chi connectivity index (χ4n) is 1.98. The van der Waals surface area contributed by atoms with Crippen molar-refractivity contribution in [1.82, 2.24) is 14.9 Å². The van der Waals surface area contributed by atoms with Crippen LogP contribution in [0.5, 0.6) is 0 Å². The molecular weight excluding hydrogens is 250 g/mol. The smallest absolute Gasteiger partial charge is 0.323 e. The highest BCUT2D eigenvalue weighted by Crippen LogP contribution is 2.25. The summed E-state index contributed by atoms with van der Waals surface area (Å²) in [6.07, 6.45) is 4.26. The predicted molar refractivity (Wildman–Crippen MR) is 70.6 cm³/mol. The Balaban J connectivity index is 1.74. The van der Waals surface area contributed by atoms with Crippen LogP contribution in [0.15, 0.2) is 18.5 Å². The number of anilines is 1. The number of hydrogen-bond acceptors (Lipinski definition) is 5. The number of pyridine rings is 1. The lowest BCUT2D eigenvalue weighted by atomic mass is 10.3. The van der Waals surface area contributed by atoms with Gasteiger partial charge in [-0.1, -0.05) is 11.3 Å². The van der Waals surface area contributed by atoms with Crippen LogP contribution < -0.4 is 11.1 Å². The van der Waals surface area contributed by atoms with Crippen molar-refractivity contribution in [1.29, 1.82) is 0 Å². The molecule has 1 atom stereocenters. The summed E-state index contributed by atoms with van der Waals surface area (Å²) < 4.78 is 1.01. The molecule has 3 heterocycles. The molecule has 0 bridgehead atoms. The SMILES string of the molecule is NC1CCN(C(=O)Nc2nc3cnccc3s2)C1. The average molecular weight is 263 g/mol. The number of nitrogens with zero attached hydrogens (tertiary/aromatic N) is 3. The van der Waals surface area contributed by atoms with Crippen molar-refractivity contribution >= 4 is 32.7 Å². The standard InChI is InChI=1S/C11H13N5OS/c12-7-2-4-16(6-7)11(17)15-10-14-8-5-13-3-1-9(8)18-10/h1,3,5,7H,2,4,6,12H2,(H,14,15,17). The van der Waals surface area contributed by atoms with Gasteiger partial charge >= 0.3 is 6.03 Å². The zero-order chi connectivity index (χ0) is 12.5. The summed E-state index contributed by atoms with van der Waals surface area (Å²) in [5.74, 6) is 0. The molecule has 1 aliphatic rings. The van der Waals surface area contributed by atoms with E-state index in [1.807, 2.05) is 6.07 Å². The molecule has 18 heavy (non-hydrogen) atoms. The van der Waals surface area contributed by atoms with E-state index in [1.54, 1.807) is 17.3 Å². The summed E-state index contributed by atoms with van der Waals surface area (Å²) in [5, 5.41) is 3.41. The number of carbonyl (C=O) groups is 1. The Morgan fingerprint density at radius 3 is 3.22 bits per heavy atom. The first-order chi connectivity index (χ1) is 8.72. The van der Waals surface area contributed by atoms with E-state index in [2.05, 4.69) is 15.3 Å². The first-order valence-electron chi connectivity index (χ1n) is 5.74. The largest absolute Gasteiger partial charge is 0.326 e. The van der Waals surface area contributed by atoms with Crippen LogP contribution in [-0.4, -0.2) is 40.0 Å². The molecule has 0 radical (unpaired) electrons. The van der Waals surface area contributed by atoms with E-state index in [1.165, 1.54) is 11.3 Å². The molecule has 2 amide bonds. The maximum absolute atomic E-state index is 11.9. The summed E-state index contributed by atoms with van der Waals surface area (Å²) in [5.41, 5.74) is 6.58. The van der Waals surface area contributed by atoms with Crippen molar-refractivity contribution in [2.45, 2.75) is 12.5 Å². The third kappa shape index (κ3) is 2.14. The summed E-state index contributed by atoms with van der Waals surface area (Å²) >= 11 is 1.44. The van der Waals surface area contributed by atoms with Crippen molar-refractivity contribution < 1.29 is 4.79 Å². The zero-order valence-corrected chi connectivity index (χ0v) is 10.5. The van der Waals surface area contributed by atoms with Gasteiger partial charge < -0.3 is 10.6 Å². The monoisotopic (exact) mass is 263 g/mol. The van der Waals surface area contributed by atoms with Crippen LogP contribution in [-0.2, 0) is 0 Å². The molecule has 1 fully saturated rings. The van der Waals surface area contributed by atoms with Gasteiger partial charge in [-0.15, -0.1) is 0 Å². The molecule has 94 valence electrons. The molecule has 0 aliphatic carbocycles. The molecule has 6 nitrogen and oxygen atoms in total. The van der Waals surface area contributed by atoms with Crippen LogP contribution in [0.3, 0.4) is 0 Å². The number of amides is 2. The van der Waals surface area contributed by atoms with Crippen LogP contribution in [0.1, 0.15) is 6.42 Å². The van der Waals surface area contributed by atoms with Gasteiger partial charge in [0.05, 0.1) is 10.9 Å². The van der Waals surface area contributed by atoms with E-state index in [9.17, 15) is 4.79 Å². The number of likely N-dealkylation sites (tertiary alicyclic amines) is 1. The molecule has 7 heteroatoms. The summed E-state index contributed by atoms with van der Waals surface area (Å²) in [6.45, 7) is 1.32. The van der Waals surface area contributed by atoms with Crippen LogP contribution in [0, 0.1) is 0 Å². The number of fused-ring (bicyclic) bond motifs is 1. The maximum Gasteiger partial charge on any atom is 0.323 e. The Hall–Kier alpha value is -1.73. The van der Waals surface area contributed by atoms with Gasteiger partial charge in [-0.3, -0.25) is 10.3 Å². The molecule has 1 aliphatic heterocycles. The van der Waals surface area contributed by atoms with Gasteiger partial charge in [0.15, 0.2) is 5.13 Å². The second-order valence-corrected chi connectivity index (χ2v) is 5.32.